The lowest BCUT2D eigenvalue weighted by molar-refractivity contribution is -0.134. The predicted octanol–water partition coefficient (Wildman–Crippen LogP) is 2.82. The number of ether oxygens (including phenoxy) is 1. The van der Waals surface area contributed by atoms with Crippen molar-refractivity contribution in [3.63, 3.8) is 0 Å². The Kier molecular flexibility index (Phi) is 8.03. The Morgan fingerprint density at radius 3 is 2.69 bits per heavy atom. The van der Waals surface area contributed by atoms with Gasteiger partial charge in [-0.15, -0.1) is 0 Å². The molecule has 2 aliphatic rings. The first kappa shape index (κ1) is 25.1. The summed E-state index contributed by atoms with van der Waals surface area (Å²) in [6.45, 7) is 6.20. The summed E-state index contributed by atoms with van der Waals surface area (Å²) in [4.78, 5) is 34.0. The van der Waals surface area contributed by atoms with Gasteiger partial charge in [-0.3, -0.25) is 14.6 Å². The number of fused-ring (bicyclic) bond motifs is 1. The summed E-state index contributed by atoms with van der Waals surface area (Å²) in [5.41, 5.74) is 1.83. The van der Waals surface area contributed by atoms with Crippen LogP contribution in [0.5, 0.6) is 5.75 Å². The molecule has 2 aromatic rings. The minimum Gasteiger partial charge on any atom is -0.488 e. The molecule has 2 amide bonds. The van der Waals surface area contributed by atoms with Crippen molar-refractivity contribution in [3.05, 3.63) is 53.9 Å². The van der Waals surface area contributed by atoms with Crippen LogP contribution in [0.3, 0.4) is 0 Å². The fourth-order valence-electron chi connectivity index (χ4n) is 4.55. The number of rotatable bonds is 8. The van der Waals surface area contributed by atoms with Crippen LogP contribution in [0.4, 0.5) is 5.69 Å². The van der Waals surface area contributed by atoms with Crippen LogP contribution in [0.2, 0.25) is 0 Å². The molecule has 1 saturated carbocycles. The van der Waals surface area contributed by atoms with E-state index in [0.29, 0.717) is 23.5 Å². The Labute approximate surface area is 207 Å². The van der Waals surface area contributed by atoms with Gasteiger partial charge in [-0.25, -0.2) is 0 Å². The molecule has 2 N–H and O–H groups in total. The van der Waals surface area contributed by atoms with E-state index in [1.807, 2.05) is 25.1 Å². The molecule has 2 heterocycles. The molecule has 1 aromatic carbocycles. The lowest BCUT2D eigenvalue weighted by Gasteiger charge is -2.34. The molecule has 8 nitrogen and oxygen atoms in total. The summed E-state index contributed by atoms with van der Waals surface area (Å²) in [7, 11) is 2.12. The van der Waals surface area contributed by atoms with E-state index in [4.69, 9.17) is 4.74 Å². The highest BCUT2D eigenvalue weighted by Crippen LogP contribution is 2.31. The van der Waals surface area contributed by atoms with Gasteiger partial charge in [0, 0.05) is 54.8 Å². The molecule has 0 radical (unpaired) electrons. The maximum absolute atomic E-state index is 13.3. The second-order valence-electron chi connectivity index (χ2n) is 10.1. The lowest BCUT2D eigenvalue weighted by atomic mass is 10.0. The highest BCUT2D eigenvalue weighted by Gasteiger charge is 2.32. The van der Waals surface area contributed by atoms with Gasteiger partial charge in [-0.05, 0) is 63.1 Å². The van der Waals surface area contributed by atoms with Gasteiger partial charge in [0.2, 0.25) is 5.91 Å². The number of benzene rings is 1. The summed E-state index contributed by atoms with van der Waals surface area (Å²) in [6, 6.07) is 8.48. The first-order chi connectivity index (χ1) is 16.8. The van der Waals surface area contributed by atoms with E-state index in [0.717, 1.165) is 24.6 Å². The summed E-state index contributed by atoms with van der Waals surface area (Å²) in [5.74, 6) is 1.21. The van der Waals surface area contributed by atoms with Crippen LogP contribution < -0.4 is 10.1 Å². The Morgan fingerprint density at radius 2 is 2.00 bits per heavy atom. The minimum atomic E-state index is -0.286. The second kappa shape index (κ2) is 11.2. The molecule has 1 aromatic heterocycles. The molecule has 1 aliphatic heterocycles. The van der Waals surface area contributed by atoms with E-state index in [9.17, 15) is 14.7 Å². The topological polar surface area (TPSA) is 95.0 Å². The largest absolute Gasteiger partial charge is 0.488 e. The van der Waals surface area contributed by atoms with Gasteiger partial charge in [-0.2, -0.15) is 0 Å². The molecule has 35 heavy (non-hydrogen) atoms. The Morgan fingerprint density at radius 1 is 1.26 bits per heavy atom. The molecule has 3 atom stereocenters. The summed E-state index contributed by atoms with van der Waals surface area (Å²) in [5, 5.41) is 12.7. The van der Waals surface area contributed by atoms with E-state index in [2.05, 4.69) is 29.2 Å². The minimum absolute atomic E-state index is 0.0622. The van der Waals surface area contributed by atoms with Crippen molar-refractivity contribution in [3.8, 4) is 5.75 Å². The van der Waals surface area contributed by atoms with Crippen molar-refractivity contribution in [2.45, 2.75) is 45.3 Å². The maximum atomic E-state index is 13.3. The van der Waals surface area contributed by atoms with E-state index in [1.165, 1.54) is 12.8 Å². The number of hydrogen-bond acceptors (Lipinski definition) is 6. The number of carbonyl (C=O) groups is 2. The van der Waals surface area contributed by atoms with Gasteiger partial charge in [-0.1, -0.05) is 6.92 Å². The summed E-state index contributed by atoms with van der Waals surface area (Å²) >= 11 is 0. The van der Waals surface area contributed by atoms with E-state index >= 15 is 0 Å². The predicted molar refractivity (Wildman–Crippen MR) is 134 cm³/mol. The number of pyridine rings is 1. The number of nitrogens with zero attached hydrogens (tertiary/aromatic N) is 3. The van der Waals surface area contributed by atoms with Crippen LogP contribution in [0.25, 0.3) is 0 Å². The number of aliphatic hydroxyl groups excluding tert-OH is 1. The third kappa shape index (κ3) is 6.58. The van der Waals surface area contributed by atoms with E-state index < -0.39 is 0 Å². The molecule has 0 spiro atoms. The fourth-order valence-corrected chi connectivity index (χ4v) is 4.55. The van der Waals surface area contributed by atoms with Crippen LogP contribution in [0.15, 0.2) is 42.7 Å². The third-order valence-electron chi connectivity index (χ3n) is 6.88. The quantitative estimate of drug-likeness (QED) is 0.603. The number of amides is 2. The van der Waals surface area contributed by atoms with E-state index in [-0.39, 0.29) is 42.9 Å². The van der Waals surface area contributed by atoms with Crippen molar-refractivity contribution in [2.75, 3.05) is 38.6 Å². The number of nitrogens with one attached hydrogen (secondary N) is 1. The normalized spacial score (nSPS) is 21.4. The SMILES string of the molecule is C[C@H]1CN([C@@H](C)CO)C(=O)Cc2cc(NC(=O)c3ccncc3)ccc2O[C@@H]1CN(C)CC1CC1. The summed E-state index contributed by atoms with van der Waals surface area (Å²) < 4.78 is 6.55. The van der Waals surface area contributed by atoms with Gasteiger partial charge in [0.25, 0.3) is 5.91 Å². The molecule has 4 rings (SSSR count). The Balaban J connectivity index is 1.60. The lowest BCUT2D eigenvalue weighted by Crippen LogP contribution is -2.47. The van der Waals surface area contributed by atoms with Crippen LogP contribution >= 0.6 is 0 Å². The van der Waals surface area contributed by atoms with Gasteiger partial charge in [0.1, 0.15) is 11.9 Å². The number of carbonyl (C=O) groups excluding carboxylic acids is 2. The van der Waals surface area contributed by atoms with Gasteiger partial charge in [0.05, 0.1) is 19.1 Å². The van der Waals surface area contributed by atoms with E-state index in [1.54, 1.807) is 29.4 Å². The number of likely N-dealkylation sites (N-methyl/N-ethyl adjacent to an activating group) is 1. The third-order valence-corrected chi connectivity index (χ3v) is 6.88. The number of aliphatic hydroxyl groups is 1. The number of aromatic nitrogens is 1. The van der Waals surface area contributed by atoms with Crippen LogP contribution in [-0.2, 0) is 11.2 Å². The number of anilines is 1. The Hall–Kier alpha value is -2.97. The molecule has 1 fully saturated rings. The molecule has 0 saturated heterocycles. The first-order valence-electron chi connectivity index (χ1n) is 12.4. The second-order valence-corrected chi connectivity index (χ2v) is 10.1. The molecule has 188 valence electrons. The molecular weight excluding hydrogens is 444 g/mol. The zero-order chi connectivity index (χ0) is 24.9. The number of hydrogen-bond donors (Lipinski definition) is 2. The summed E-state index contributed by atoms with van der Waals surface area (Å²) in [6.07, 6.45) is 5.75. The van der Waals surface area contributed by atoms with Crippen LogP contribution in [0.1, 0.15) is 42.6 Å². The average Bonchev–Trinajstić information content (AvgIpc) is 3.66. The van der Waals surface area contributed by atoms with Crippen LogP contribution in [0, 0.1) is 11.8 Å². The molecule has 1 aliphatic carbocycles. The first-order valence-corrected chi connectivity index (χ1v) is 12.4. The van der Waals surface area contributed by atoms with Crippen molar-refractivity contribution < 1.29 is 19.4 Å². The fraction of sp³-hybridized carbons (Fsp3) is 0.519. The zero-order valence-electron chi connectivity index (χ0n) is 20.8. The van der Waals surface area contributed by atoms with Gasteiger partial charge in [0.15, 0.2) is 0 Å². The molecule has 0 unspecified atom stereocenters. The smallest absolute Gasteiger partial charge is 0.255 e. The van der Waals surface area contributed by atoms with Gasteiger partial charge >= 0.3 is 0 Å². The zero-order valence-corrected chi connectivity index (χ0v) is 20.8. The standard InChI is InChI=1S/C27H36N4O4/c1-18-14-31(19(2)17-32)26(33)13-22-12-23(29-27(34)21-8-10-28-11-9-21)6-7-24(22)35-25(18)16-30(3)15-20-4-5-20/h6-12,18-20,25,32H,4-5,13-17H2,1-3H3,(H,29,34)/t18-,19-,25+/m0/s1. The van der Waals surface area contributed by atoms with Crippen molar-refractivity contribution in [1.82, 2.24) is 14.8 Å². The molecule has 8 heteroatoms. The molecular formula is C27H36N4O4. The van der Waals surface area contributed by atoms with Crippen LogP contribution in [-0.4, -0.2) is 77.1 Å². The van der Waals surface area contributed by atoms with Crippen molar-refractivity contribution >= 4 is 17.5 Å². The molecule has 0 bridgehead atoms. The van der Waals surface area contributed by atoms with Crippen molar-refractivity contribution in [2.24, 2.45) is 11.8 Å². The average molecular weight is 481 g/mol. The van der Waals surface area contributed by atoms with Gasteiger partial charge < -0.3 is 25.0 Å². The maximum Gasteiger partial charge on any atom is 0.255 e. The highest BCUT2D eigenvalue weighted by atomic mass is 16.5. The highest BCUT2D eigenvalue weighted by molar-refractivity contribution is 6.04. The Bertz CT molecular complexity index is 1030. The van der Waals surface area contributed by atoms with Crippen molar-refractivity contribution in [1.29, 1.82) is 0 Å². The monoisotopic (exact) mass is 480 g/mol.